The molecule has 1 aliphatic carbocycles. The summed E-state index contributed by atoms with van der Waals surface area (Å²) in [6.45, 7) is 2.24. The molecule has 1 fully saturated rings. The molecular formula is C11H17N3OS. The SMILES string of the molecule is CC1CCCC(NC(=O)c2csc(N)n2)C1. The lowest BCUT2D eigenvalue weighted by Crippen LogP contribution is -2.38. The lowest BCUT2D eigenvalue weighted by molar-refractivity contribution is 0.0917. The molecule has 1 aliphatic rings. The monoisotopic (exact) mass is 239 g/mol. The molecule has 1 saturated carbocycles. The van der Waals surface area contributed by atoms with Gasteiger partial charge in [0.05, 0.1) is 0 Å². The second-order valence-electron chi connectivity index (χ2n) is 4.51. The third-order valence-electron chi connectivity index (χ3n) is 3.03. The first-order valence-corrected chi connectivity index (χ1v) is 6.55. The summed E-state index contributed by atoms with van der Waals surface area (Å²) in [6, 6.07) is 0.305. The Hall–Kier alpha value is -1.10. The van der Waals surface area contributed by atoms with Gasteiger partial charge in [-0.25, -0.2) is 4.98 Å². The van der Waals surface area contributed by atoms with Crippen molar-refractivity contribution in [3.05, 3.63) is 11.1 Å². The molecule has 0 saturated heterocycles. The van der Waals surface area contributed by atoms with Crippen molar-refractivity contribution in [2.45, 2.75) is 38.6 Å². The number of hydrogen-bond acceptors (Lipinski definition) is 4. The fourth-order valence-corrected chi connectivity index (χ4v) is 2.76. The van der Waals surface area contributed by atoms with Crippen LogP contribution in [0.25, 0.3) is 0 Å². The number of nitrogens with two attached hydrogens (primary N) is 1. The number of amides is 1. The summed E-state index contributed by atoms with van der Waals surface area (Å²) in [5.74, 6) is 0.617. The zero-order chi connectivity index (χ0) is 11.5. The van der Waals surface area contributed by atoms with Crippen LogP contribution >= 0.6 is 11.3 Å². The summed E-state index contributed by atoms with van der Waals surface area (Å²) in [6.07, 6.45) is 4.63. The van der Waals surface area contributed by atoms with E-state index in [9.17, 15) is 4.79 Å². The van der Waals surface area contributed by atoms with Crippen LogP contribution in [0.1, 0.15) is 43.1 Å². The zero-order valence-corrected chi connectivity index (χ0v) is 10.2. The van der Waals surface area contributed by atoms with E-state index in [-0.39, 0.29) is 5.91 Å². The Morgan fingerprint density at radius 3 is 3.06 bits per heavy atom. The van der Waals surface area contributed by atoms with Gasteiger partial charge in [0.1, 0.15) is 5.69 Å². The third kappa shape index (κ3) is 2.72. The largest absolute Gasteiger partial charge is 0.375 e. The molecule has 0 aromatic carbocycles. The number of nitrogens with zero attached hydrogens (tertiary/aromatic N) is 1. The van der Waals surface area contributed by atoms with Crippen molar-refractivity contribution in [1.82, 2.24) is 10.3 Å². The predicted molar refractivity (Wildman–Crippen MR) is 65.4 cm³/mol. The molecule has 4 nitrogen and oxygen atoms in total. The van der Waals surface area contributed by atoms with Crippen molar-refractivity contribution in [2.24, 2.45) is 5.92 Å². The van der Waals surface area contributed by atoms with Gasteiger partial charge in [-0.2, -0.15) is 0 Å². The van der Waals surface area contributed by atoms with Crippen molar-refractivity contribution in [1.29, 1.82) is 0 Å². The van der Waals surface area contributed by atoms with Gasteiger partial charge < -0.3 is 11.1 Å². The quantitative estimate of drug-likeness (QED) is 0.829. The molecule has 88 valence electrons. The fourth-order valence-electron chi connectivity index (χ4n) is 2.22. The van der Waals surface area contributed by atoms with Crippen LogP contribution in [0.4, 0.5) is 5.13 Å². The summed E-state index contributed by atoms with van der Waals surface area (Å²) in [5.41, 5.74) is 5.94. The van der Waals surface area contributed by atoms with E-state index in [1.807, 2.05) is 0 Å². The van der Waals surface area contributed by atoms with E-state index < -0.39 is 0 Å². The lowest BCUT2D eigenvalue weighted by Gasteiger charge is -2.27. The Bertz CT molecular complexity index is 377. The molecule has 2 unspecified atom stereocenters. The van der Waals surface area contributed by atoms with Crippen molar-refractivity contribution < 1.29 is 4.79 Å². The predicted octanol–water partition coefficient (Wildman–Crippen LogP) is 2.03. The van der Waals surface area contributed by atoms with Gasteiger partial charge in [-0.05, 0) is 18.8 Å². The summed E-state index contributed by atoms with van der Waals surface area (Å²) in [5, 5.41) is 5.18. The number of anilines is 1. The Labute approximate surface area is 99.3 Å². The summed E-state index contributed by atoms with van der Waals surface area (Å²) in [7, 11) is 0. The molecule has 0 aliphatic heterocycles. The van der Waals surface area contributed by atoms with Gasteiger partial charge >= 0.3 is 0 Å². The van der Waals surface area contributed by atoms with Gasteiger partial charge in [-0.15, -0.1) is 11.3 Å². The fraction of sp³-hybridized carbons (Fsp3) is 0.636. The number of aromatic nitrogens is 1. The van der Waals surface area contributed by atoms with Crippen LogP contribution in [0.15, 0.2) is 5.38 Å². The van der Waals surface area contributed by atoms with Gasteiger partial charge in [0, 0.05) is 11.4 Å². The van der Waals surface area contributed by atoms with Gasteiger partial charge in [0.15, 0.2) is 5.13 Å². The molecule has 1 heterocycles. The van der Waals surface area contributed by atoms with E-state index in [1.165, 1.54) is 24.2 Å². The first-order chi connectivity index (χ1) is 7.65. The van der Waals surface area contributed by atoms with E-state index in [2.05, 4.69) is 17.2 Å². The van der Waals surface area contributed by atoms with E-state index in [0.717, 1.165) is 12.8 Å². The number of carbonyl (C=O) groups excluding carboxylic acids is 1. The minimum atomic E-state index is -0.0907. The van der Waals surface area contributed by atoms with E-state index in [1.54, 1.807) is 5.38 Å². The first kappa shape index (κ1) is 11.4. The van der Waals surface area contributed by atoms with Crippen LogP contribution in [-0.2, 0) is 0 Å². The molecule has 1 aromatic rings. The highest BCUT2D eigenvalue weighted by molar-refractivity contribution is 7.13. The maximum absolute atomic E-state index is 11.8. The Morgan fingerprint density at radius 2 is 2.44 bits per heavy atom. The molecule has 0 spiro atoms. The number of rotatable bonds is 2. The van der Waals surface area contributed by atoms with E-state index in [0.29, 0.717) is 22.8 Å². The molecule has 2 atom stereocenters. The third-order valence-corrected chi connectivity index (χ3v) is 3.70. The van der Waals surface area contributed by atoms with Crippen LogP contribution in [0.3, 0.4) is 0 Å². The maximum atomic E-state index is 11.8. The lowest BCUT2D eigenvalue weighted by atomic mass is 9.87. The minimum absolute atomic E-state index is 0.0907. The number of carbonyl (C=O) groups is 1. The summed E-state index contributed by atoms with van der Waals surface area (Å²) in [4.78, 5) is 15.8. The molecule has 5 heteroatoms. The topological polar surface area (TPSA) is 68.0 Å². The summed E-state index contributed by atoms with van der Waals surface area (Å²) < 4.78 is 0. The normalized spacial score (nSPS) is 25.3. The van der Waals surface area contributed by atoms with Crippen molar-refractivity contribution in [3.8, 4) is 0 Å². The molecule has 2 rings (SSSR count). The molecule has 1 amide bonds. The molecule has 0 radical (unpaired) electrons. The van der Waals surface area contributed by atoms with Crippen LogP contribution in [0.5, 0.6) is 0 Å². The van der Waals surface area contributed by atoms with E-state index >= 15 is 0 Å². The highest BCUT2D eigenvalue weighted by Gasteiger charge is 2.21. The molecule has 0 bridgehead atoms. The number of nitrogens with one attached hydrogen (secondary N) is 1. The second-order valence-corrected chi connectivity index (χ2v) is 5.40. The Kier molecular flexibility index (Phi) is 3.43. The van der Waals surface area contributed by atoms with Gasteiger partial charge in [-0.1, -0.05) is 19.8 Å². The Morgan fingerprint density at radius 1 is 1.62 bits per heavy atom. The van der Waals surface area contributed by atoms with Gasteiger partial charge in [0.2, 0.25) is 0 Å². The maximum Gasteiger partial charge on any atom is 0.271 e. The van der Waals surface area contributed by atoms with Crippen molar-refractivity contribution in [2.75, 3.05) is 5.73 Å². The van der Waals surface area contributed by atoms with Crippen LogP contribution in [0, 0.1) is 5.92 Å². The van der Waals surface area contributed by atoms with Crippen molar-refractivity contribution >= 4 is 22.4 Å². The van der Waals surface area contributed by atoms with E-state index in [4.69, 9.17) is 5.73 Å². The average Bonchev–Trinajstić information content (AvgIpc) is 2.65. The van der Waals surface area contributed by atoms with Crippen LogP contribution < -0.4 is 11.1 Å². The van der Waals surface area contributed by atoms with Crippen LogP contribution in [-0.4, -0.2) is 16.9 Å². The van der Waals surface area contributed by atoms with Gasteiger partial charge in [-0.3, -0.25) is 4.79 Å². The first-order valence-electron chi connectivity index (χ1n) is 5.67. The van der Waals surface area contributed by atoms with Gasteiger partial charge in [0.25, 0.3) is 5.91 Å². The van der Waals surface area contributed by atoms with Crippen LogP contribution in [0.2, 0.25) is 0 Å². The molecular weight excluding hydrogens is 222 g/mol. The number of thiazole rings is 1. The van der Waals surface area contributed by atoms with Crippen molar-refractivity contribution in [3.63, 3.8) is 0 Å². The standard InChI is InChI=1S/C11H17N3OS/c1-7-3-2-4-8(5-7)13-10(15)9-6-16-11(12)14-9/h6-8H,2-5H2,1H3,(H2,12,14)(H,13,15). The number of hydrogen-bond donors (Lipinski definition) is 2. The zero-order valence-electron chi connectivity index (χ0n) is 9.40. The molecule has 3 N–H and O–H groups in total. The highest BCUT2D eigenvalue weighted by atomic mass is 32.1. The highest BCUT2D eigenvalue weighted by Crippen LogP contribution is 2.23. The minimum Gasteiger partial charge on any atom is -0.375 e. The average molecular weight is 239 g/mol. The summed E-state index contributed by atoms with van der Waals surface area (Å²) >= 11 is 1.30. The smallest absolute Gasteiger partial charge is 0.271 e. The second kappa shape index (κ2) is 4.82. The Balaban J connectivity index is 1.92. The molecule has 1 aromatic heterocycles. The molecule has 16 heavy (non-hydrogen) atoms. The number of nitrogen functional groups attached to an aromatic ring is 1.